The van der Waals surface area contributed by atoms with Crippen molar-refractivity contribution in [3.63, 3.8) is 0 Å². The molecule has 3 aromatic carbocycles. The number of nitrogens with zero attached hydrogens (tertiary/aromatic N) is 1. The lowest BCUT2D eigenvalue weighted by atomic mass is 10.1. The van der Waals surface area contributed by atoms with Crippen molar-refractivity contribution >= 4 is 37.6 Å². The summed E-state index contributed by atoms with van der Waals surface area (Å²) >= 11 is 0. The maximum atomic E-state index is 12.9. The summed E-state index contributed by atoms with van der Waals surface area (Å²) in [6.07, 6.45) is 4.29. The molecule has 0 aliphatic rings. The van der Waals surface area contributed by atoms with Gasteiger partial charge in [0.25, 0.3) is 10.0 Å². The van der Waals surface area contributed by atoms with Crippen LogP contribution in [0.3, 0.4) is 0 Å². The van der Waals surface area contributed by atoms with Gasteiger partial charge in [0.15, 0.2) is 0 Å². The van der Waals surface area contributed by atoms with Gasteiger partial charge in [0.1, 0.15) is 11.2 Å². The van der Waals surface area contributed by atoms with Gasteiger partial charge in [-0.2, -0.15) is 0 Å². The molecule has 0 unspecified atom stereocenters. The first kappa shape index (κ1) is 18.4. The minimum atomic E-state index is -3.72. The van der Waals surface area contributed by atoms with Gasteiger partial charge >= 0.3 is 0 Å². The fraction of sp³-hybridized carbons (Fsp3) is 0.0417. The monoisotopic (exact) mass is 414 g/mol. The molecule has 6 heteroatoms. The zero-order valence-electron chi connectivity index (χ0n) is 15.9. The van der Waals surface area contributed by atoms with Crippen LogP contribution in [0.1, 0.15) is 11.1 Å². The molecule has 148 valence electrons. The summed E-state index contributed by atoms with van der Waals surface area (Å²) in [7, 11) is -3.72. The Morgan fingerprint density at radius 1 is 0.767 bits per heavy atom. The van der Waals surface area contributed by atoms with Gasteiger partial charge in [-0.1, -0.05) is 30.3 Å². The molecule has 0 aliphatic carbocycles. The van der Waals surface area contributed by atoms with Crippen molar-refractivity contribution in [2.45, 2.75) is 11.3 Å². The molecule has 5 rings (SSSR count). The van der Waals surface area contributed by atoms with Crippen LogP contribution >= 0.6 is 0 Å². The first-order valence-electron chi connectivity index (χ1n) is 9.50. The lowest BCUT2D eigenvalue weighted by molar-refractivity contribution is 0.601. The van der Waals surface area contributed by atoms with E-state index in [4.69, 9.17) is 4.42 Å². The number of fused-ring (bicyclic) bond motifs is 3. The molecule has 0 aliphatic heterocycles. The molecule has 0 radical (unpaired) electrons. The Balaban J connectivity index is 1.40. The molecule has 0 amide bonds. The molecule has 0 spiro atoms. The van der Waals surface area contributed by atoms with E-state index >= 15 is 0 Å². The number of nitrogens with one attached hydrogen (secondary N) is 1. The van der Waals surface area contributed by atoms with Crippen molar-refractivity contribution in [3.8, 4) is 0 Å². The number of furan rings is 1. The maximum absolute atomic E-state index is 12.9. The first-order chi connectivity index (χ1) is 14.6. The quantitative estimate of drug-likeness (QED) is 0.419. The van der Waals surface area contributed by atoms with Gasteiger partial charge in [-0.05, 0) is 66.1 Å². The number of hydrogen-bond donors (Lipinski definition) is 1. The predicted octanol–water partition coefficient (Wildman–Crippen LogP) is 5.37. The Hall–Kier alpha value is -3.64. The van der Waals surface area contributed by atoms with Crippen molar-refractivity contribution in [1.29, 1.82) is 0 Å². The van der Waals surface area contributed by atoms with Crippen LogP contribution in [0, 0.1) is 0 Å². The molecule has 0 atom stereocenters. The molecule has 2 aromatic heterocycles. The van der Waals surface area contributed by atoms with Gasteiger partial charge in [0.05, 0.1) is 4.90 Å². The van der Waals surface area contributed by atoms with Crippen LogP contribution in [-0.4, -0.2) is 13.4 Å². The zero-order chi connectivity index (χ0) is 20.6. The third-order valence-corrected chi connectivity index (χ3v) is 6.40. The number of sulfonamides is 1. The highest BCUT2D eigenvalue weighted by atomic mass is 32.2. The minimum absolute atomic E-state index is 0.197. The number of para-hydroxylation sites is 1. The maximum Gasteiger partial charge on any atom is 0.261 e. The molecular formula is C24H18N2O3S. The zero-order valence-corrected chi connectivity index (χ0v) is 16.8. The lowest BCUT2D eigenvalue weighted by Gasteiger charge is -2.09. The van der Waals surface area contributed by atoms with Crippen LogP contribution in [-0.2, 0) is 16.4 Å². The van der Waals surface area contributed by atoms with E-state index in [9.17, 15) is 8.42 Å². The molecule has 0 bridgehead atoms. The van der Waals surface area contributed by atoms with E-state index < -0.39 is 10.0 Å². The van der Waals surface area contributed by atoms with E-state index in [0.717, 1.165) is 33.9 Å². The van der Waals surface area contributed by atoms with Crippen LogP contribution in [0.15, 0.2) is 101 Å². The second kappa shape index (κ2) is 7.31. The number of anilines is 1. The average Bonchev–Trinajstić information content (AvgIpc) is 3.14. The van der Waals surface area contributed by atoms with E-state index in [1.54, 1.807) is 42.7 Å². The summed E-state index contributed by atoms with van der Waals surface area (Å²) in [5, 5.41) is 1.67. The van der Waals surface area contributed by atoms with Gasteiger partial charge in [-0.15, -0.1) is 0 Å². The van der Waals surface area contributed by atoms with Crippen LogP contribution < -0.4 is 4.72 Å². The number of aromatic nitrogens is 1. The molecule has 30 heavy (non-hydrogen) atoms. The van der Waals surface area contributed by atoms with Gasteiger partial charge in [0.2, 0.25) is 0 Å². The summed E-state index contributed by atoms with van der Waals surface area (Å²) in [5.41, 5.74) is 4.16. The van der Waals surface area contributed by atoms with E-state index in [1.807, 2.05) is 48.5 Å². The molecule has 2 heterocycles. The molecule has 0 saturated heterocycles. The van der Waals surface area contributed by atoms with Crippen molar-refractivity contribution in [3.05, 3.63) is 102 Å². The number of benzene rings is 3. The molecule has 5 nitrogen and oxygen atoms in total. The van der Waals surface area contributed by atoms with Crippen LogP contribution in [0.2, 0.25) is 0 Å². The first-order valence-corrected chi connectivity index (χ1v) is 11.0. The van der Waals surface area contributed by atoms with Crippen molar-refractivity contribution in [2.24, 2.45) is 0 Å². The number of hydrogen-bond acceptors (Lipinski definition) is 4. The summed E-state index contributed by atoms with van der Waals surface area (Å²) in [6.45, 7) is 0. The second-order valence-electron chi connectivity index (χ2n) is 7.09. The Kier molecular flexibility index (Phi) is 4.48. The van der Waals surface area contributed by atoms with Crippen LogP contribution in [0.25, 0.3) is 21.9 Å². The average molecular weight is 414 g/mol. The number of pyridine rings is 1. The highest BCUT2D eigenvalue weighted by molar-refractivity contribution is 7.92. The van der Waals surface area contributed by atoms with E-state index in [2.05, 4.69) is 9.71 Å². The SMILES string of the molecule is O=S(=O)(Nc1ccc(Cc2ccncc2)cc1)c1ccc2oc3ccccc3c2c1. The standard InChI is InChI=1S/C24H18N2O3S/c27-30(28,20-9-10-24-22(16-20)21-3-1-2-4-23(21)29-24)26-19-7-5-17(6-8-19)15-18-11-13-25-14-12-18/h1-14,16,26H,15H2. The van der Waals surface area contributed by atoms with Gasteiger partial charge in [0, 0.05) is 28.9 Å². The number of rotatable bonds is 5. The van der Waals surface area contributed by atoms with E-state index in [0.29, 0.717) is 11.3 Å². The predicted molar refractivity (Wildman–Crippen MR) is 118 cm³/mol. The van der Waals surface area contributed by atoms with Crippen LogP contribution in [0.5, 0.6) is 0 Å². The Labute approximate surface area is 174 Å². The van der Waals surface area contributed by atoms with Gasteiger partial charge in [-0.3, -0.25) is 9.71 Å². The lowest BCUT2D eigenvalue weighted by Crippen LogP contribution is -2.12. The van der Waals surface area contributed by atoms with Gasteiger partial charge in [-0.25, -0.2) is 8.42 Å². The highest BCUT2D eigenvalue weighted by Crippen LogP contribution is 2.30. The van der Waals surface area contributed by atoms with Crippen molar-refractivity contribution < 1.29 is 12.8 Å². The molecule has 5 aromatic rings. The fourth-order valence-corrected chi connectivity index (χ4v) is 4.60. The third-order valence-electron chi connectivity index (χ3n) is 5.02. The second-order valence-corrected chi connectivity index (χ2v) is 8.77. The molecule has 1 N–H and O–H groups in total. The minimum Gasteiger partial charge on any atom is -0.456 e. The summed E-state index contributed by atoms with van der Waals surface area (Å²) in [6, 6.07) is 23.8. The largest absolute Gasteiger partial charge is 0.456 e. The molecular weight excluding hydrogens is 396 g/mol. The molecule has 0 saturated carbocycles. The van der Waals surface area contributed by atoms with E-state index in [-0.39, 0.29) is 4.90 Å². The topological polar surface area (TPSA) is 72.2 Å². The normalized spacial score (nSPS) is 11.7. The summed E-state index contributed by atoms with van der Waals surface area (Å²) < 4.78 is 34.3. The highest BCUT2D eigenvalue weighted by Gasteiger charge is 2.17. The van der Waals surface area contributed by atoms with Gasteiger partial charge < -0.3 is 4.42 Å². The van der Waals surface area contributed by atoms with Crippen molar-refractivity contribution in [2.75, 3.05) is 4.72 Å². The third kappa shape index (κ3) is 3.53. The Morgan fingerprint density at radius 2 is 1.47 bits per heavy atom. The van der Waals surface area contributed by atoms with Crippen LogP contribution in [0.4, 0.5) is 5.69 Å². The smallest absolute Gasteiger partial charge is 0.261 e. The van der Waals surface area contributed by atoms with E-state index in [1.165, 1.54) is 0 Å². The van der Waals surface area contributed by atoms with Crippen molar-refractivity contribution in [1.82, 2.24) is 4.98 Å². The summed E-state index contributed by atoms with van der Waals surface area (Å²) in [4.78, 5) is 4.22. The molecule has 0 fully saturated rings. The Morgan fingerprint density at radius 3 is 2.27 bits per heavy atom. The fourth-order valence-electron chi connectivity index (χ4n) is 3.51. The summed E-state index contributed by atoms with van der Waals surface area (Å²) in [5.74, 6) is 0. The Bertz CT molecular complexity index is 1440.